The van der Waals surface area contributed by atoms with Gasteiger partial charge in [-0.15, -0.1) is 0 Å². The van der Waals surface area contributed by atoms with Gasteiger partial charge in [0, 0.05) is 6.54 Å². The molecule has 5 fully saturated rings. The summed E-state index contributed by atoms with van der Waals surface area (Å²) in [4.78, 5) is 28.2. The van der Waals surface area contributed by atoms with Crippen LogP contribution in [0, 0.1) is 22.7 Å². The lowest BCUT2D eigenvalue weighted by Crippen LogP contribution is -2.63. The van der Waals surface area contributed by atoms with E-state index in [1.165, 1.54) is 6.42 Å². The van der Waals surface area contributed by atoms with Crippen LogP contribution in [0.2, 0.25) is 0 Å². The molecule has 0 aromatic rings. The quantitative estimate of drug-likeness (QED) is 0.637. The normalized spacial score (nSPS) is 36.2. The highest BCUT2D eigenvalue weighted by atomic mass is 16.7. The van der Waals surface area contributed by atoms with E-state index in [1.807, 2.05) is 46.4 Å². The van der Waals surface area contributed by atoms with Gasteiger partial charge in [-0.3, -0.25) is 4.79 Å². The van der Waals surface area contributed by atoms with Gasteiger partial charge < -0.3 is 24.3 Å². The van der Waals surface area contributed by atoms with Crippen molar-refractivity contribution in [1.82, 2.24) is 10.2 Å². The second-order valence-electron chi connectivity index (χ2n) is 13.6. The predicted octanol–water partition coefficient (Wildman–Crippen LogP) is 4.18. The second kappa shape index (κ2) is 7.87. The molecule has 2 bridgehead atoms. The van der Waals surface area contributed by atoms with Gasteiger partial charge in [0.2, 0.25) is 5.91 Å². The summed E-state index contributed by atoms with van der Waals surface area (Å²) in [6.07, 6.45) is 3.49. The number of amides is 2. The summed E-state index contributed by atoms with van der Waals surface area (Å²) in [5.74, 6) is 0.960. The Morgan fingerprint density at radius 2 is 1.82 bits per heavy atom. The number of hydrogen-bond acceptors (Lipinski definition) is 5. The number of nitrogens with zero attached hydrogens (tertiary/aromatic N) is 1. The molecule has 3 aliphatic carbocycles. The Morgan fingerprint density at radius 3 is 2.39 bits per heavy atom. The maximum absolute atomic E-state index is 13.8. The fourth-order valence-corrected chi connectivity index (χ4v) is 6.50. The molecule has 5 rings (SSSR count). The van der Waals surface area contributed by atoms with Gasteiger partial charge in [0.15, 0.2) is 0 Å². The number of ether oxygens (including phenoxy) is 1. The first-order valence-electron chi connectivity index (χ1n) is 12.7. The maximum Gasteiger partial charge on any atom is 0.481 e. The van der Waals surface area contributed by atoms with Gasteiger partial charge >= 0.3 is 13.2 Å². The molecule has 8 heteroatoms. The smallest absolute Gasteiger partial charge is 0.444 e. The van der Waals surface area contributed by atoms with Crippen LogP contribution in [0.15, 0.2) is 0 Å². The highest BCUT2D eigenvalue weighted by Crippen LogP contribution is 2.64. The number of nitrogens with one attached hydrogen (secondary N) is 1. The molecule has 1 N–H and O–H groups in total. The third kappa shape index (κ3) is 4.42. The molecular formula is C25H43BN2O5. The van der Waals surface area contributed by atoms with E-state index in [4.69, 9.17) is 14.0 Å². The van der Waals surface area contributed by atoms with Gasteiger partial charge in [0.25, 0.3) is 0 Å². The molecule has 0 spiro atoms. The SMILES string of the molecule is CC(C)(C)OC(=O)N[C@H](C(=O)N1CCC[C@H]1B1O[C@@H]2[C@@H]3C[C@H](C[C@]2(C)O1)C3(C)C)C(C)(C)C. The summed E-state index contributed by atoms with van der Waals surface area (Å²) >= 11 is 0. The minimum absolute atomic E-state index is 0.0818. The lowest BCUT2D eigenvalue weighted by molar-refractivity contribution is -0.185. The molecule has 186 valence electrons. The van der Waals surface area contributed by atoms with E-state index in [1.54, 1.807) is 0 Å². The Balaban J connectivity index is 1.49. The van der Waals surface area contributed by atoms with Crippen molar-refractivity contribution in [1.29, 1.82) is 0 Å². The predicted molar refractivity (Wildman–Crippen MR) is 127 cm³/mol. The minimum atomic E-state index is -0.695. The van der Waals surface area contributed by atoms with Crippen LogP contribution >= 0.6 is 0 Å². The topological polar surface area (TPSA) is 77.1 Å². The van der Waals surface area contributed by atoms with Crippen LogP contribution in [0.5, 0.6) is 0 Å². The van der Waals surface area contributed by atoms with Crippen LogP contribution in [0.4, 0.5) is 4.79 Å². The summed E-state index contributed by atoms with van der Waals surface area (Å²) in [5, 5.41) is 2.85. The van der Waals surface area contributed by atoms with Crippen LogP contribution < -0.4 is 5.32 Å². The molecule has 6 atom stereocenters. The van der Waals surface area contributed by atoms with Crippen LogP contribution in [0.25, 0.3) is 0 Å². The van der Waals surface area contributed by atoms with Crippen molar-refractivity contribution in [2.24, 2.45) is 22.7 Å². The van der Waals surface area contributed by atoms with E-state index in [-0.39, 0.29) is 23.6 Å². The average molecular weight is 462 g/mol. The summed E-state index contributed by atoms with van der Waals surface area (Å²) in [6, 6.07) is -0.695. The number of alkyl carbamates (subject to hydrolysis) is 1. The van der Waals surface area contributed by atoms with Gasteiger partial charge in [0.1, 0.15) is 11.6 Å². The number of rotatable bonds is 3. The summed E-state index contributed by atoms with van der Waals surface area (Å²) in [6.45, 7) is 18.9. The lowest BCUT2D eigenvalue weighted by Gasteiger charge is -2.63. The Bertz CT molecular complexity index is 804. The molecule has 7 nitrogen and oxygen atoms in total. The van der Waals surface area contributed by atoms with Gasteiger partial charge in [-0.25, -0.2) is 4.79 Å². The zero-order valence-electron chi connectivity index (χ0n) is 22.0. The Kier molecular flexibility index (Phi) is 5.92. The first-order chi connectivity index (χ1) is 15.0. The van der Waals surface area contributed by atoms with Gasteiger partial charge in [-0.1, -0.05) is 34.6 Å². The van der Waals surface area contributed by atoms with Crippen molar-refractivity contribution in [2.75, 3.05) is 6.54 Å². The van der Waals surface area contributed by atoms with Crippen molar-refractivity contribution in [3.8, 4) is 0 Å². The molecular weight excluding hydrogens is 419 g/mol. The maximum atomic E-state index is 13.8. The minimum Gasteiger partial charge on any atom is -0.444 e. The number of hydrogen-bond donors (Lipinski definition) is 1. The summed E-state index contributed by atoms with van der Waals surface area (Å²) in [5.41, 5.74) is -1.08. The lowest BCUT2D eigenvalue weighted by atomic mass is 9.45. The van der Waals surface area contributed by atoms with E-state index in [2.05, 4.69) is 26.1 Å². The monoisotopic (exact) mass is 462 g/mol. The molecule has 0 aromatic heterocycles. The van der Waals surface area contributed by atoms with Crippen LogP contribution in [0.1, 0.15) is 88.0 Å². The summed E-state index contributed by atoms with van der Waals surface area (Å²) in [7, 11) is -0.413. The van der Waals surface area contributed by atoms with E-state index in [0.29, 0.717) is 23.8 Å². The molecule has 3 saturated carbocycles. The zero-order valence-corrected chi connectivity index (χ0v) is 22.0. The van der Waals surface area contributed by atoms with Crippen LogP contribution in [0.3, 0.4) is 0 Å². The van der Waals surface area contributed by atoms with Crippen LogP contribution in [-0.2, 0) is 18.8 Å². The average Bonchev–Trinajstić information content (AvgIpc) is 3.26. The second-order valence-corrected chi connectivity index (χ2v) is 13.6. The number of carbonyl (C=O) groups excluding carboxylic acids is 2. The number of likely N-dealkylation sites (tertiary alicyclic amines) is 1. The first-order valence-corrected chi connectivity index (χ1v) is 12.7. The molecule has 0 aromatic carbocycles. The fraction of sp³-hybridized carbons (Fsp3) is 0.920. The highest BCUT2D eigenvalue weighted by molar-refractivity contribution is 6.48. The molecule has 5 aliphatic rings. The van der Waals surface area contributed by atoms with Crippen molar-refractivity contribution in [3.05, 3.63) is 0 Å². The van der Waals surface area contributed by atoms with Crippen molar-refractivity contribution >= 4 is 19.1 Å². The third-order valence-electron chi connectivity index (χ3n) is 8.50. The molecule has 2 heterocycles. The van der Waals surface area contributed by atoms with Crippen molar-refractivity contribution < 1.29 is 23.6 Å². The molecule has 33 heavy (non-hydrogen) atoms. The zero-order chi connectivity index (χ0) is 24.6. The molecule has 2 saturated heterocycles. The highest BCUT2D eigenvalue weighted by Gasteiger charge is 2.68. The van der Waals surface area contributed by atoms with Crippen molar-refractivity contribution in [2.45, 2.75) is 117 Å². The van der Waals surface area contributed by atoms with E-state index < -0.39 is 30.3 Å². The Hall–Kier alpha value is -1.28. The first kappa shape index (κ1) is 24.8. The van der Waals surface area contributed by atoms with E-state index >= 15 is 0 Å². The fourth-order valence-electron chi connectivity index (χ4n) is 6.50. The standard InChI is InChI=1S/C25H43BN2O5/c1-22(2,3)18(27-21(30)31-23(4,5)6)20(29)28-12-10-11-17(28)26-32-19-16-13-15(24(16,7)8)14-25(19,9)33-26/h15-19H,10-14H2,1-9H3,(H,27,30)/t15-,16+,17+,18-,19-,25+/m1/s1. The van der Waals surface area contributed by atoms with Gasteiger partial charge in [0.05, 0.1) is 17.6 Å². The molecule has 2 amide bonds. The molecule has 2 aliphatic heterocycles. The third-order valence-corrected chi connectivity index (χ3v) is 8.50. The molecule has 0 unspecified atom stereocenters. The van der Waals surface area contributed by atoms with E-state index in [0.717, 1.165) is 19.3 Å². The van der Waals surface area contributed by atoms with Crippen LogP contribution in [-0.4, -0.2) is 59.9 Å². The summed E-state index contributed by atoms with van der Waals surface area (Å²) < 4.78 is 18.6. The van der Waals surface area contributed by atoms with Gasteiger partial charge in [-0.05, 0) is 76.0 Å². The molecule has 0 radical (unpaired) electrons. The van der Waals surface area contributed by atoms with Crippen molar-refractivity contribution in [3.63, 3.8) is 0 Å². The van der Waals surface area contributed by atoms with Gasteiger partial charge in [-0.2, -0.15) is 0 Å². The number of carbonyl (C=O) groups is 2. The van der Waals surface area contributed by atoms with E-state index in [9.17, 15) is 9.59 Å². The largest absolute Gasteiger partial charge is 0.481 e. The Labute approximate surface area is 199 Å². The Morgan fingerprint density at radius 1 is 1.15 bits per heavy atom.